The van der Waals surface area contributed by atoms with Crippen LogP contribution in [0.1, 0.15) is 21.5 Å². The summed E-state index contributed by atoms with van der Waals surface area (Å²) in [5.74, 6) is 1.23. The Labute approximate surface area is 130 Å². The maximum Gasteiger partial charge on any atom is 0.169 e. The molecule has 1 aliphatic heterocycles. The number of ketones is 1. The van der Waals surface area contributed by atoms with E-state index in [4.69, 9.17) is 0 Å². The lowest BCUT2D eigenvalue weighted by Gasteiger charge is -2.23. The molecule has 0 saturated heterocycles. The summed E-state index contributed by atoms with van der Waals surface area (Å²) in [5, 5.41) is 3.41. The van der Waals surface area contributed by atoms with Gasteiger partial charge in [-0.05, 0) is 24.6 Å². The highest BCUT2D eigenvalue weighted by atomic mass is 32.2. The largest absolute Gasteiger partial charge is 0.312 e. The van der Waals surface area contributed by atoms with Crippen molar-refractivity contribution in [2.45, 2.75) is 18.4 Å². The molecule has 1 atom stereocenters. The van der Waals surface area contributed by atoms with Crippen molar-refractivity contribution in [1.29, 1.82) is 0 Å². The second-order valence-corrected chi connectivity index (χ2v) is 6.55. The Hall–Kier alpha value is -1.58. The van der Waals surface area contributed by atoms with E-state index in [1.807, 2.05) is 31.2 Å². The van der Waals surface area contributed by atoms with Crippen LogP contribution in [0.25, 0.3) is 0 Å². The predicted molar refractivity (Wildman–Crippen MR) is 87.9 cm³/mol. The molecule has 1 aliphatic rings. The first-order valence-corrected chi connectivity index (χ1v) is 8.25. The number of hydrogen-bond donors (Lipinski definition) is 1. The molecule has 0 bridgehead atoms. The lowest BCUT2D eigenvalue weighted by atomic mass is 9.97. The van der Waals surface area contributed by atoms with Crippen molar-refractivity contribution in [2.75, 3.05) is 12.3 Å². The molecule has 1 unspecified atom stereocenters. The van der Waals surface area contributed by atoms with Gasteiger partial charge in [-0.25, -0.2) is 0 Å². The molecule has 2 aromatic carbocycles. The molecule has 0 aromatic heterocycles. The van der Waals surface area contributed by atoms with E-state index in [1.54, 1.807) is 11.8 Å². The van der Waals surface area contributed by atoms with E-state index in [0.29, 0.717) is 0 Å². The highest BCUT2D eigenvalue weighted by Gasteiger charge is 2.27. The minimum Gasteiger partial charge on any atom is -0.312 e. The predicted octanol–water partition coefficient (Wildman–Crippen LogP) is 3.69. The Kier molecular flexibility index (Phi) is 4.42. The Balaban J connectivity index is 1.61. The summed E-state index contributed by atoms with van der Waals surface area (Å²) in [6.45, 7) is 3.60. The van der Waals surface area contributed by atoms with Crippen molar-refractivity contribution in [3.63, 3.8) is 0 Å². The SMILES string of the molecule is Cc1ccc2c(c1)C(=O)C(CNCc1ccccc1)CS2. The molecule has 0 saturated carbocycles. The van der Waals surface area contributed by atoms with E-state index < -0.39 is 0 Å². The molecule has 1 N–H and O–H groups in total. The quantitative estimate of drug-likeness (QED) is 0.933. The van der Waals surface area contributed by atoms with Crippen LogP contribution in [-0.2, 0) is 6.54 Å². The van der Waals surface area contributed by atoms with E-state index in [9.17, 15) is 4.79 Å². The van der Waals surface area contributed by atoms with Gasteiger partial charge >= 0.3 is 0 Å². The fourth-order valence-electron chi connectivity index (χ4n) is 2.59. The van der Waals surface area contributed by atoms with Crippen LogP contribution in [0.15, 0.2) is 53.4 Å². The van der Waals surface area contributed by atoms with Crippen LogP contribution in [0.5, 0.6) is 0 Å². The number of benzene rings is 2. The second kappa shape index (κ2) is 6.46. The Morgan fingerprint density at radius 2 is 2.00 bits per heavy atom. The van der Waals surface area contributed by atoms with Crippen molar-refractivity contribution in [1.82, 2.24) is 5.32 Å². The van der Waals surface area contributed by atoms with Crippen LogP contribution < -0.4 is 5.32 Å². The van der Waals surface area contributed by atoms with Gasteiger partial charge in [0, 0.05) is 35.2 Å². The highest BCUT2D eigenvalue weighted by molar-refractivity contribution is 7.99. The molecule has 0 fully saturated rings. The standard InChI is InChI=1S/C18H19NOS/c1-13-7-8-17-16(9-13)18(20)15(12-21-17)11-19-10-14-5-3-2-4-6-14/h2-9,15,19H,10-12H2,1H3. The molecule has 0 amide bonds. The van der Waals surface area contributed by atoms with Crippen molar-refractivity contribution < 1.29 is 4.79 Å². The highest BCUT2D eigenvalue weighted by Crippen LogP contribution is 2.33. The molecule has 21 heavy (non-hydrogen) atoms. The van der Waals surface area contributed by atoms with Gasteiger partial charge in [0.05, 0.1) is 0 Å². The zero-order chi connectivity index (χ0) is 14.7. The number of carbonyl (C=O) groups is 1. The van der Waals surface area contributed by atoms with Crippen LogP contribution in [0, 0.1) is 12.8 Å². The molecule has 0 aliphatic carbocycles. The lowest BCUT2D eigenvalue weighted by Crippen LogP contribution is -2.32. The van der Waals surface area contributed by atoms with Gasteiger partial charge in [0.15, 0.2) is 5.78 Å². The average Bonchev–Trinajstić information content (AvgIpc) is 2.51. The zero-order valence-corrected chi connectivity index (χ0v) is 13.0. The summed E-state index contributed by atoms with van der Waals surface area (Å²) in [6, 6.07) is 16.5. The van der Waals surface area contributed by atoms with E-state index in [0.717, 1.165) is 34.9 Å². The lowest BCUT2D eigenvalue weighted by molar-refractivity contribution is 0.0925. The van der Waals surface area contributed by atoms with Crippen LogP contribution >= 0.6 is 11.8 Å². The number of aryl methyl sites for hydroxylation is 1. The third-order valence-electron chi connectivity index (χ3n) is 3.77. The maximum atomic E-state index is 12.6. The van der Waals surface area contributed by atoms with Gasteiger partial charge in [-0.3, -0.25) is 4.79 Å². The Bertz CT molecular complexity index is 639. The summed E-state index contributed by atoms with van der Waals surface area (Å²) in [6.07, 6.45) is 0. The van der Waals surface area contributed by atoms with Crippen molar-refractivity contribution in [2.24, 2.45) is 5.92 Å². The molecule has 3 heteroatoms. The Morgan fingerprint density at radius 3 is 2.81 bits per heavy atom. The fourth-order valence-corrected chi connectivity index (χ4v) is 3.72. The minimum atomic E-state index is 0.0769. The number of fused-ring (bicyclic) bond motifs is 1. The van der Waals surface area contributed by atoms with Crippen LogP contribution in [0.2, 0.25) is 0 Å². The van der Waals surface area contributed by atoms with E-state index in [-0.39, 0.29) is 11.7 Å². The van der Waals surface area contributed by atoms with Gasteiger partial charge < -0.3 is 5.32 Å². The smallest absolute Gasteiger partial charge is 0.169 e. The van der Waals surface area contributed by atoms with Gasteiger partial charge in [0.1, 0.15) is 0 Å². The van der Waals surface area contributed by atoms with Gasteiger partial charge in [0.25, 0.3) is 0 Å². The van der Waals surface area contributed by atoms with Crippen molar-refractivity contribution in [3.8, 4) is 0 Å². The fraction of sp³-hybridized carbons (Fsp3) is 0.278. The summed E-state index contributed by atoms with van der Waals surface area (Å²) in [7, 11) is 0. The van der Waals surface area contributed by atoms with Gasteiger partial charge in [0.2, 0.25) is 0 Å². The molecule has 3 rings (SSSR count). The molecule has 0 spiro atoms. The molecular weight excluding hydrogens is 278 g/mol. The summed E-state index contributed by atoms with van der Waals surface area (Å²) in [4.78, 5) is 13.7. The summed E-state index contributed by atoms with van der Waals surface area (Å²) < 4.78 is 0. The van der Waals surface area contributed by atoms with E-state index >= 15 is 0 Å². The Morgan fingerprint density at radius 1 is 1.19 bits per heavy atom. The topological polar surface area (TPSA) is 29.1 Å². The third kappa shape index (κ3) is 3.36. The monoisotopic (exact) mass is 297 g/mol. The number of carbonyl (C=O) groups excluding carboxylic acids is 1. The number of nitrogens with one attached hydrogen (secondary N) is 1. The minimum absolute atomic E-state index is 0.0769. The molecule has 0 radical (unpaired) electrons. The summed E-state index contributed by atoms with van der Waals surface area (Å²) >= 11 is 1.79. The summed E-state index contributed by atoms with van der Waals surface area (Å²) in [5.41, 5.74) is 3.31. The maximum absolute atomic E-state index is 12.6. The normalized spacial score (nSPS) is 17.6. The molecule has 108 valence electrons. The first kappa shape index (κ1) is 14.4. The van der Waals surface area contributed by atoms with Gasteiger partial charge in [-0.1, -0.05) is 42.0 Å². The second-order valence-electron chi connectivity index (χ2n) is 5.49. The van der Waals surface area contributed by atoms with Crippen LogP contribution in [0.3, 0.4) is 0 Å². The van der Waals surface area contributed by atoms with E-state index in [2.05, 4.69) is 29.6 Å². The van der Waals surface area contributed by atoms with Crippen LogP contribution in [0.4, 0.5) is 0 Å². The van der Waals surface area contributed by atoms with Gasteiger partial charge in [-0.2, -0.15) is 0 Å². The molecule has 1 heterocycles. The van der Waals surface area contributed by atoms with E-state index in [1.165, 1.54) is 5.56 Å². The van der Waals surface area contributed by atoms with Gasteiger partial charge in [-0.15, -0.1) is 11.8 Å². The zero-order valence-electron chi connectivity index (χ0n) is 12.1. The van der Waals surface area contributed by atoms with Crippen molar-refractivity contribution >= 4 is 17.5 Å². The number of Topliss-reactive ketones (excluding diaryl/α,β-unsaturated/α-hetero) is 1. The van der Waals surface area contributed by atoms with Crippen LogP contribution in [-0.4, -0.2) is 18.1 Å². The molecular formula is C18H19NOS. The average molecular weight is 297 g/mol. The number of rotatable bonds is 4. The first-order valence-electron chi connectivity index (χ1n) is 7.26. The van der Waals surface area contributed by atoms with Crippen molar-refractivity contribution in [3.05, 3.63) is 65.2 Å². The first-order chi connectivity index (χ1) is 10.2. The molecule has 2 aromatic rings. The third-order valence-corrected chi connectivity index (χ3v) is 5.01. The number of thioether (sulfide) groups is 1. The number of hydrogen-bond acceptors (Lipinski definition) is 3. The molecule has 2 nitrogen and oxygen atoms in total.